The van der Waals surface area contributed by atoms with Crippen LogP contribution in [0, 0.1) is 24.7 Å². The molecule has 0 radical (unpaired) electrons. The number of aliphatic imine (C=N–C) groups is 1. The van der Waals surface area contributed by atoms with Crippen LogP contribution in [0.1, 0.15) is 63.6 Å². The van der Waals surface area contributed by atoms with Gasteiger partial charge in [-0.1, -0.05) is 45.4 Å². The van der Waals surface area contributed by atoms with E-state index in [9.17, 15) is 18.0 Å². The Labute approximate surface area is 231 Å². The van der Waals surface area contributed by atoms with Crippen molar-refractivity contribution in [2.24, 2.45) is 22.7 Å². The number of rotatable bonds is 7. The number of carbonyl (C=O) groups excluding carboxylic acids is 1. The fourth-order valence-corrected chi connectivity index (χ4v) is 5.61. The number of anilines is 2. The highest BCUT2D eigenvalue weighted by molar-refractivity contribution is 6.13. The van der Waals surface area contributed by atoms with Gasteiger partial charge in [0.05, 0.1) is 5.56 Å². The van der Waals surface area contributed by atoms with Crippen LogP contribution in [0.25, 0.3) is 0 Å². The number of carbonyl (C=O) groups is 1. The highest BCUT2D eigenvalue weighted by Crippen LogP contribution is 2.38. The van der Waals surface area contributed by atoms with Crippen molar-refractivity contribution < 1.29 is 22.7 Å². The van der Waals surface area contributed by atoms with Crippen LogP contribution in [0.2, 0.25) is 0 Å². The van der Waals surface area contributed by atoms with E-state index in [1.54, 1.807) is 32.0 Å². The number of hydrogen-bond acceptors (Lipinski definition) is 4. The molecule has 0 aromatic heterocycles. The van der Waals surface area contributed by atoms with Crippen molar-refractivity contribution in [1.29, 1.82) is 0 Å². The zero-order chi connectivity index (χ0) is 29.1. The predicted octanol–water partition coefficient (Wildman–Crippen LogP) is 7.36. The fourth-order valence-electron chi connectivity index (χ4n) is 5.61. The lowest BCUT2D eigenvalue weighted by atomic mass is 9.75. The molecule has 39 heavy (non-hydrogen) atoms. The van der Waals surface area contributed by atoms with Gasteiger partial charge in [0.25, 0.3) is 0 Å². The molecule has 0 bridgehead atoms. The number of halogens is 3. The number of esters is 1. The van der Waals surface area contributed by atoms with Crippen molar-refractivity contribution in [3.8, 4) is 0 Å². The minimum Gasteiger partial charge on any atom is -0.461 e. The topological polar surface area (TPSA) is 45.1 Å². The Bertz CT molecular complexity index is 1180. The standard InChI is InChI=1S/C31H42F3N3O2/c1-19(2)24-15-13-20(3)17-28(24)39-30(38)22(5)37(26-12-10-9-11-21(26)4)29(35-6)23-14-16-27(36(7)8)25(18-23)31(32,33)34/h9-12,14,16,18-20,22,24,28H,13,15,17H2,1-8H3/b35-29+/t20-,22-,24+,28-/m1/s1. The quantitative estimate of drug-likeness (QED) is 0.207. The molecule has 5 nitrogen and oxygen atoms in total. The molecule has 8 heteroatoms. The molecule has 0 amide bonds. The molecule has 1 saturated carbocycles. The lowest BCUT2D eigenvalue weighted by molar-refractivity contribution is -0.157. The second-order valence-electron chi connectivity index (χ2n) is 11.3. The lowest BCUT2D eigenvalue weighted by Crippen LogP contribution is -2.47. The number of nitrogens with zero attached hydrogens (tertiary/aromatic N) is 3. The van der Waals surface area contributed by atoms with Crippen LogP contribution in [0.3, 0.4) is 0 Å². The third kappa shape index (κ3) is 6.95. The molecule has 1 aliphatic rings. The Morgan fingerprint density at radius 1 is 1.05 bits per heavy atom. The molecule has 1 fully saturated rings. The summed E-state index contributed by atoms with van der Waals surface area (Å²) in [6.45, 7) is 10.1. The smallest absolute Gasteiger partial charge is 0.418 e. The molecule has 4 atom stereocenters. The van der Waals surface area contributed by atoms with Gasteiger partial charge in [0.1, 0.15) is 18.0 Å². The summed E-state index contributed by atoms with van der Waals surface area (Å²) in [6, 6.07) is 10.8. The van der Waals surface area contributed by atoms with E-state index in [-0.39, 0.29) is 29.1 Å². The first-order valence-corrected chi connectivity index (χ1v) is 13.7. The van der Waals surface area contributed by atoms with Gasteiger partial charge in [0.2, 0.25) is 0 Å². The first kappa shape index (κ1) is 30.5. The molecule has 0 saturated heterocycles. The van der Waals surface area contributed by atoms with Gasteiger partial charge in [-0.25, -0.2) is 4.79 Å². The number of alkyl halides is 3. The minimum atomic E-state index is -4.56. The highest BCUT2D eigenvalue weighted by Gasteiger charge is 2.38. The molecule has 0 spiro atoms. The summed E-state index contributed by atoms with van der Waals surface area (Å²) in [7, 11) is 4.68. The normalized spacial score (nSPS) is 21.0. The molecule has 0 aliphatic heterocycles. The van der Waals surface area contributed by atoms with Gasteiger partial charge in [0, 0.05) is 38.1 Å². The van der Waals surface area contributed by atoms with E-state index in [1.807, 2.05) is 31.2 Å². The summed E-state index contributed by atoms with van der Waals surface area (Å²) in [6.07, 6.45) is -1.83. The maximum atomic E-state index is 14.1. The maximum absolute atomic E-state index is 14.1. The van der Waals surface area contributed by atoms with Crippen LogP contribution in [0.4, 0.5) is 24.5 Å². The van der Waals surface area contributed by atoms with Gasteiger partial charge >= 0.3 is 12.1 Å². The van der Waals surface area contributed by atoms with Gasteiger partial charge in [-0.05, 0) is 74.3 Å². The average molecular weight is 546 g/mol. The van der Waals surface area contributed by atoms with Gasteiger partial charge in [-0.15, -0.1) is 0 Å². The number of ether oxygens (including phenoxy) is 1. The Balaban J connectivity index is 2.07. The third-order valence-corrected chi connectivity index (χ3v) is 7.81. The maximum Gasteiger partial charge on any atom is 0.418 e. The highest BCUT2D eigenvalue weighted by atomic mass is 19.4. The van der Waals surface area contributed by atoms with E-state index in [1.165, 1.54) is 18.0 Å². The minimum absolute atomic E-state index is 0.0581. The Hall–Kier alpha value is -3.03. The van der Waals surface area contributed by atoms with E-state index in [0.29, 0.717) is 17.5 Å². The number of amidine groups is 1. The first-order chi connectivity index (χ1) is 18.3. The summed E-state index contributed by atoms with van der Waals surface area (Å²) in [4.78, 5) is 21.3. The lowest BCUT2D eigenvalue weighted by Gasteiger charge is -2.38. The Morgan fingerprint density at radius 2 is 1.72 bits per heavy atom. The summed E-state index contributed by atoms with van der Waals surface area (Å²) in [5.74, 6) is 0.967. The SMILES string of the molecule is C/N=C(\c1ccc(N(C)C)c(C(F)(F)F)c1)N(c1ccccc1C)[C@H](C)C(=O)O[C@@H]1C[C@H](C)CC[C@H]1C(C)C. The Kier molecular flexibility index (Phi) is 9.73. The van der Waals surface area contributed by atoms with Crippen molar-refractivity contribution >= 4 is 23.2 Å². The van der Waals surface area contributed by atoms with E-state index >= 15 is 0 Å². The number of hydrogen-bond donors (Lipinski definition) is 0. The van der Waals surface area contributed by atoms with E-state index in [0.717, 1.165) is 30.9 Å². The van der Waals surface area contributed by atoms with Crippen LogP contribution in [-0.4, -0.2) is 45.1 Å². The van der Waals surface area contributed by atoms with Crippen LogP contribution in [0.15, 0.2) is 47.5 Å². The summed E-state index contributed by atoms with van der Waals surface area (Å²) in [5, 5.41) is 0. The van der Waals surface area contributed by atoms with Crippen LogP contribution >= 0.6 is 0 Å². The monoisotopic (exact) mass is 545 g/mol. The number of aryl methyl sites for hydroxylation is 1. The van der Waals surface area contributed by atoms with Crippen molar-refractivity contribution in [2.45, 2.75) is 72.2 Å². The summed E-state index contributed by atoms with van der Waals surface area (Å²) >= 11 is 0. The van der Waals surface area contributed by atoms with Crippen LogP contribution < -0.4 is 9.80 Å². The molecular formula is C31H42F3N3O2. The van der Waals surface area contributed by atoms with Gasteiger partial charge in [0.15, 0.2) is 0 Å². The number of benzene rings is 2. The van der Waals surface area contributed by atoms with E-state index in [4.69, 9.17) is 4.74 Å². The van der Waals surface area contributed by atoms with Crippen molar-refractivity contribution in [3.63, 3.8) is 0 Å². The predicted molar refractivity (Wildman–Crippen MR) is 153 cm³/mol. The van der Waals surface area contributed by atoms with E-state index in [2.05, 4.69) is 25.8 Å². The fraction of sp³-hybridized carbons (Fsp3) is 0.548. The largest absolute Gasteiger partial charge is 0.461 e. The molecular weight excluding hydrogens is 503 g/mol. The molecule has 0 N–H and O–H groups in total. The van der Waals surface area contributed by atoms with Gasteiger partial charge < -0.3 is 14.5 Å². The average Bonchev–Trinajstić information content (AvgIpc) is 2.86. The van der Waals surface area contributed by atoms with Crippen LogP contribution in [0.5, 0.6) is 0 Å². The summed E-state index contributed by atoms with van der Waals surface area (Å²) < 4.78 is 48.4. The molecule has 3 rings (SSSR count). The summed E-state index contributed by atoms with van der Waals surface area (Å²) in [5.41, 5.74) is 1.12. The number of para-hydroxylation sites is 1. The molecule has 0 unspecified atom stereocenters. The molecule has 0 heterocycles. The molecule has 1 aliphatic carbocycles. The van der Waals surface area contributed by atoms with Crippen LogP contribution in [-0.2, 0) is 15.7 Å². The molecule has 2 aromatic rings. The molecule has 214 valence electrons. The second kappa shape index (κ2) is 12.4. The van der Waals surface area contributed by atoms with Gasteiger partial charge in [-0.2, -0.15) is 13.2 Å². The Morgan fingerprint density at radius 3 is 2.28 bits per heavy atom. The zero-order valence-electron chi connectivity index (χ0n) is 24.3. The van der Waals surface area contributed by atoms with Crippen molar-refractivity contribution in [3.05, 3.63) is 59.2 Å². The zero-order valence-corrected chi connectivity index (χ0v) is 24.3. The molecule has 2 aromatic carbocycles. The van der Waals surface area contributed by atoms with E-state index < -0.39 is 23.8 Å². The van der Waals surface area contributed by atoms with Gasteiger partial charge in [-0.3, -0.25) is 4.99 Å². The third-order valence-electron chi connectivity index (χ3n) is 7.81. The van der Waals surface area contributed by atoms with Crippen molar-refractivity contribution in [2.75, 3.05) is 30.9 Å². The second-order valence-corrected chi connectivity index (χ2v) is 11.3. The first-order valence-electron chi connectivity index (χ1n) is 13.7. The van der Waals surface area contributed by atoms with Crippen molar-refractivity contribution in [1.82, 2.24) is 0 Å².